The molecule has 1 unspecified atom stereocenters. The number of carbonyl (C=O) groups excluding carboxylic acids is 3. The maximum atomic E-state index is 14.6. The third-order valence-corrected chi connectivity index (χ3v) is 8.68. The van der Waals surface area contributed by atoms with Crippen molar-refractivity contribution in [2.45, 2.75) is 63.5 Å². The number of halogens is 1. The van der Waals surface area contributed by atoms with Crippen molar-refractivity contribution in [3.63, 3.8) is 0 Å². The molecule has 5 rings (SSSR count). The number of amides is 3. The summed E-state index contributed by atoms with van der Waals surface area (Å²) in [5.74, 6) is -0.945. The second kappa shape index (κ2) is 10.5. The van der Waals surface area contributed by atoms with Gasteiger partial charge in [0.25, 0.3) is 0 Å². The van der Waals surface area contributed by atoms with Crippen LogP contribution in [0, 0.1) is 11.7 Å². The van der Waals surface area contributed by atoms with Crippen LogP contribution in [0.2, 0.25) is 0 Å². The van der Waals surface area contributed by atoms with Crippen LogP contribution in [0.5, 0.6) is 0 Å². The summed E-state index contributed by atoms with van der Waals surface area (Å²) in [7, 11) is 0. The zero-order chi connectivity index (χ0) is 27.0. The second-order valence-electron chi connectivity index (χ2n) is 11.4. The molecule has 3 aliphatic heterocycles. The summed E-state index contributed by atoms with van der Waals surface area (Å²) in [6.07, 6.45) is 3.07. The van der Waals surface area contributed by atoms with Gasteiger partial charge in [-0.05, 0) is 75.8 Å². The lowest BCUT2D eigenvalue weighted by atomic mass is 9.86. The van der Waals surface area contributed by atoms with Crippen LogP contribution >= 0.6 is 0 Å². The Balaban J connectivity index is 1.33. The number of piperidine rings is 2. The maximum absolute atomic E-state index is 14.6. The first-order valence-electron chi connectivity index (χ1n) is 13.7. The quantitative estimate of drug-likeness (QED) is 0.634. The standard InChI is InChI=1S/C30H37FN4O3/c1-30(2)23-10-4-6-12-25(23)35(29(30)38)22-13-16-33(17-14-22)28(37)26(18-20-8-3-5-11-24(20)31)34-15-7-9-21(19-34)27(32)36/h3-6,8,10-12,21-22,26H,7,9,13-19H2,1-2H3,(H2,32,36)/t21?,26-/m0/s1. The van der Waals surface area contributed by atoms with E-state index in [0.717, 1.165) is 17.7 Å². The fraction of sp³-hybridized carbons (Fsp3) is 0.500. The molecule has 2 atom stereocenters. The van der Waals surface area contributed by atoms with Crippen molar-refractivity contribution < 1.29 is 18.8 Å². The highest BCUT2D eigenvalue weighted by atomic mass is 19.1. The smallest absolute Gasteiger partial charge is 0.240 e. The number of nitrogens with zero attached hydrogens (tertiary/aromatic N) is 3. The van der Waals surface area contributed by atoms with Gasteiger partial charge >= 0.3 is 0 Å². The lowest BCUT2D eigenvalue weighted by molar-refractivity contribution is -0.140. The topological polar surface area (TPSA) is 87.0 Å². The number of fused-ring (bicyclic) bond motifs is 1. The van der Waals surface area contributed by atoms with E-state index < -0.39 is 11.5 Å². The molecule has 38 heavy (non-hydrogen) atoms. The minimum absolute atomic E-state index is 0.0220. The average Bonchev–Trinajstić information content (AvgIpc) is 3.13. The van der Waals surface area contributed by atoms with E-state index in [0.29, 0.717) is 51.0 Å². The third-order valence-electron chi connectivity index (χ3n) is 8.68. The molecule has 202 valence electrons. The van der Waals surface area contributed by atoms with Crippen LogP contribution in [-0.2, 0) is 26.2 Å². The molecule has 3 aliphatic rings. The molecule has 7 nitrogen and oxygen atoms in total. The predicted octanol–water partition coefficient (Wildman–Crippen LogP) is 3.25. The molecule has 2 N–H and O–H groups in total. The first kappa shape index (κ1) is 26.4. The van der Waals surface area contributed by atoms with Gasteiger partial charge in [-0.25, -0.2) is 4.39 Å². The number of hydrogen-bond acceptors (Lipinski definition) is 4. The van der Waals surface area contributed by atoms with Gasteiger partial charge in [0.15, 0.2) is 0 Å². The van der Waals surface area contributed by atoms with E-state index in [1.165, 1.54) is 6.07 Å². The zero-order valence-corrected chi connectivity index (χ0v) is 22.2. The Hall–Kier alpha value is -3.26. The van der Waals surface area contributed by atoms with Crippen molar-refractivity contribution in [2.75, 3.05) is 31.1 Å². The molecule has 2 saturated heterocycles. The summed E-state index contributed by atoms with van der Waals surface area (Å²) in [4.78, 5) is 45.1. The van der Waals surface area contributed by atoms with Gasteiger partial charge < -0.3 is 15.5 Å². The van der Waals surface area contributed by atoms with Crippen LogP contribution in [0.4, 0.5) is 10.1 Å². The minimum atomic E-state index is -0.571. The van der Waals surface area contributed by atoms with E-state index in [2.05, 4.69) is 0 Å². The normalized spacial score (nSPS) is 22.8. The summed E-state index contributed by atoms with van der Waals surface area (Å²) in [6.45, 7) is 6.06. The molecule has 2 aromatic carbocycles. The number of likely N-dealkylation sites (tertiary alicyclic amines) is 2. The summed E-state index contributed by atoms with van der Waals surface area (Å²) >= 11 is 0. The largest absolute Gasteiger partial charge is 0.369 e. The molecular formula is C30H37FN4O3. The molecule has 0 radical (unpaired) electrons. The van der Waals surface area contributed by atoms with Crippen LogP contribution in [0.15, 0.2) is 48.5 Å². The number of primary amides is 1. The molecule has 0 saturated carbocycles. The fourth-order valence-electron chi connectivity index (χ4n) is 6.42. The van der Waals surface area contributed by atoms with Crippen LogP contribution in [-0.4, -0.2) is 65.8 Å². The van der Waals surface area contributed by atoms with Gasteiger partial charge in [-0.2, -0.15) is 0 Å². The monoisotopic (exact) mass is 520 g/mol. The van der Waals surface area contributed by atoms with Crippen molar-refractivity contribution in [1.82, 2.24) is 9.80 Å². The highest BCUT2D eigenvalue weighted by Crippen LogP contribution is 2.43. The van der Waals surface area contributed by atoms with Crippen molar-refractivity contribution >= 4 is 23.4 Å². The fourth-order valence-corrected chi connectivity index (χ4v) is 6.42. The van der Waals surface area contributed by atoms with E-state index >= 15 is 0 Å². The molecule has 2 fully saturated rings. The molecule has 2 aromatic rings. The Labute approximate surface area is 223 Å². The van der Waals surface area contributed by atoms with Crippen LogP contribution in [0.3, 0.4) is 0 Å². The highest BCUT2D eigenvalue weighted by molar-refractivity contribution is 6.08. The molecule has 0 aromatic heterocycles. The number of nitrogens with two attached hydrogens (primary N) is 1. The van der Waals surface area contributed by atoms with E-state index in [4.69, 9.17) is 5.73 Å². The van der Waals surface area contributed by atoms with Gasteiger partial charge in [0.1, 0.15) is 5.82 Å². The second-order valence-corrected chi connectivity index (χ2v) is 11.4. The van der Waals surface area contributed by atoms with Crippen molar-refractivity contribution in [3.8, 4) is 0 Å². The number of rotatable bonds is 6. The number of anilines is 1. The van der Waals surface area contributed by atoms with E-state index in [1.807, 2.05) is 52.8 Å². The van der Waals surface area contributed by atoms with Gasteiger partial charge in [-0.3, -0.25) is 19.3 Å². The molecule has 0 aliphatic carbocycles. The van der Waals surface area contributed by atoms with Crippen LogP contribution in [0.1, 0.15) is 50.7 Å². The highest BCUT2D eigenvalue weighted by Gasteiger charge is 2.47. The Bertz CT molecular complexity index is 1220. The van der Waals surface area contributed by atoms with Crippen LogP contribution < -0.4 is 10.6 Å². The summed E-state index contributed by atoms with van der Waals surface area (Å²) < 4.78 is 14.6. The van der Waals surface area contributed by atoms with E-state index in [-0.39, 0.29) is 41.9 Å². The van der Waals surface area contributed by atoms with Crippen molar-refractivity contribution in [2.24, 2.45) is 11.7 Å². The van der Waals surface area contributed by atoms with Crippen LogP contribution in [0.25, 0.3) is 0 Å². The summed E-state index contributed by atoms with van der Waals surface area (Å²) in [5, 5.41) is 0. The average molecular weight is 521 g/mol. The summed E-state index contributed by atoms with van der Waals surface area (Å²) in [6, 6.07) is 14.0. The molecule has 0 bridgehead atoms. The lowest BCUT2D eigenvalue weighted by Crippen LogP contribution is -2.57. The third kappa shape index (κ3) is 4.82. The number of para-hydroxylation sites is 1. The molecule has 0 spiro atoms. The SMILES string of the molecule is CC1(C)C(=O)N(C2CCN(C(=O)[C@H](Cc3ccccc3F)N3CCCC(C(N)=O)C3)CC2)c2ccccc21. The first-order valence-corrected chi connectivity index (χ1v) is 13.7. The summed E-state index contributed by atoms with van der Waals surface area (Å²) in [5.41, 5.74) is 7.54. The van der Waals surface area contributed by atoms with Gasteiger partial charge in [0.2, 0.25) is 17.7 Å². The van der Waals surface area contributed by atoms with E-state index in [1.54, 1.807) is 18.2 Å². The number of hydrogen-bond donors (Lipinski definition) is 1. The maximum Gasteiger partial charge on any atom is 0.240 e. The zero-order valence-electron chi connectivity index (χ0n) is 22.2. The van der Waals surface area contributed by atoms with Gasteiger partial charge in [-0.15, -0.1) is 0 Å². The number of carbonyl (C=O) groups is 3. The molecule has 3 amide bonds. The number of benzene rings is 2. The Morgan fingerprint density at radius 1 is 1.03 bits per heavy atom. The predicted molar refractivity (Wildman–Crippen MR) is 144 cm³/mol. The van der Waals surface area contributed by atoms with Gasteiger partial charge in [-0.1, -0.05) is 36.4 Å². The first-order chi connectivity index (χ1) is 18.2. The van der Waals surface area contributed by atoms with E-state index in [9.17, 15) is 18.8 Å². The minimum Gasteiger partial charge on any atom is -0.369 e. The Kier molecular flexibility index (Phi) is 7.27. The van der Waals surface area contributed by atoms with Crippen molar-refractivity contribution in [3.05, 3.63) is 65.5 Å². The molecule has 3 heterocycles. The molecule has 8 heteroatoms. The Morgan fingerprint density at radius 2 is 1.71 bits per heavy atom. The molecular weight excluding hydrogens is 483 g/mol. The Morgan fingerprint density at radius 3 is 2.42 bits per heavy atom. The van der Waals surface area contributed by atoms with Gasteiger partial charge in [0, 0.05) is 31.4 Å². The van der Waals surface area contributed by atoms with Gasteiger partial charge in [0.05, 0.1) is 17.4 Å². The lowest BCUT2D eigenvalue weighted by Gasteiger charge is -2.42. The van der Waals surface area contributed by atoms with Crippen molar-refractivity contribution in [1.29, 1.82) is 0 Å².